The fourth-order valence-electron chi connectivity index (χ4n) is 3.70. The number of rotatable bonds is 4. The van der Waals surface area contributed by atoms with Crippen molar-refractivity contribution in [3.8, 4) is 0 Å². The second-order valence-electron chi connectivity index (χ2n) is 6.53. The number of nitrogens with one attached hydrogen (secondary N) is 1. The number of aromatic nitrogens is 4. The van der Waals surface area contributed by atoms with E-state index < -0.39 is 0 Å². The van der Waals surface area contributed by atoms with Crippen molar-refractivity contribution in [3.63, 3.8) is 0 Å². The topological polar surface area (TPSA) is 50.9 Å². The molecule has 4 heterocycles. The Hall–Kier alpha value is -1.66. The molecule has 2 aliphatic rings. The number of nitrogens with zero attached hydrogens (tertiary/aromatic N) is 5. The van der Waals surface area contributed by atoms with E-state index >= 15 is 0 Å². The molecular weight excluding hydrogens is 276 g/mol. The molecule has 1 fully saturated rings. The SMILES string of the molecule is c1cn(CC2CCCN(Cc3cc4n(n3)CCNC4)C2)cn1. The van der Waals surface area contributed by atoms with E-state index in [9.17, 15) is 0 Å². The molecule has 2 aromatic rings. The van der Waals surface area contributed by atoms with Crippen LogP contribution in [0.15, 0.2) is 24.8 Å². The molecule has 6 heteroatoms. The van der Waals surface area contributed by atoms with Gasteiger partial charge in [-0.3, -0.25) is 9.58 Å². The lowest BCUT2D eigenvalue weighted by Gasteiger charge is -2.32. The van der Waals surface area contributed by atoms with Crippen molar-refractivity contribution >= 4 is 0 Å². The number of piperidine rings is 1. The molecule has 1 saturated heterocycles. The van der Waals surface area contributed by atoms with E-state index in [4.69, 9.17) is 5.10 Å². The average Bonchev–Trinajstić information content (AvgIpc) is 3.16. The highest BCUT2D eigenvalue weighted by Crippen LogP contribution is 2.20. The number of fused-ring (bicyclic) bond motifs is 1. The monoisotopic (exact) mass is 300 g/mol. The molecule has 0 aromatic carbocycles. The lowest BCUT2D eigenvalue weighted by atomic mass is 9.98. The Balaban J connectivity index is 1.37. The molecule has 0 radical (unpaired) electrons. The van der Waals surface area contributed by atoms with Gasteiger partial charge >= 0.3 is 0 Å². The summed E-state index contributed by atoms with van der Waals surface area (Å²) >= 11 is 0. The van der Waals surface area contributed by atoms with Gasteiger partial charge in [-0.15, -0.1) is 0 Å². The number of hydrogen-bond donors (Lipinski definition) is 1. The average molecular weight is 300 g/mol. The summed E-state index contributed by atoms with van der Waals surface area (Å²) in [7, 11) is 0. The molecule has 1 unspecified atom stereocenters. The Morgan fingerprint density at radius 3 is 3.18 bits per heavy atom. The van der Waals surface area contributed by atoms with E-state index in [2.05, 4.69) is 36.7 Å². The minimum absolute atomic E-state index is 0.724. The molecule has 1 atom stereocenters. The zero-order chi connectivity index (χ0) is 14.8. The maximum Gasteiger partial charge on any atom is 0.0946 e. The second kappa shape index (κ2) is 6.22. The molecule has 0 aliphatic carbocycles. The highest BCUT2D eigenvalue weighted by molar-refractivity contribution is 5.12. The van der Waals surface area contributed by atoms with Crippen molar-refractivity contribution in [1.29, 1.82) is 0 Å². The summed E-state index contributed by atoms with van der Waals surface area (Å²) < 4.78 is 4.37. The van der Waals surface area contributed by atoms with Gasteiger partial charge in [-0.05, 0) is 31.4 Å². The Morgan fingerprint density at radius 2 is 2.32 bits per heavy atom. The maximum absolute atomic E-state index is 4.77. The van der Waals surface area contributed by atoms with Gasteiger partial charge in [0.2, 0.25) is 0 Å². The third-order valence-corrected chi connectivity index (χ3v) is 4.74. The van der Waals surface area contributed by atoms with Crippen molar-refractivity contribution in [2.24, 2.45) is 5.92 Å². The highest BCUT2D eigenvalue weighted by Gasteiger charge is 2.21. The quantitative estimate of drug-likeness (QED) is 0.918. The molecule has 22 heavy (non-hydrogen) atoms. The highest BCUT2D eigenvalue weighted by atomic mass is 15.3. The van der Waals surface area contributed by atoms with Crippen LogP contribution >= 0.6 is 0 Å². The maximum atomic E-state index is 4.77. The van der Waals surface area contributed by atoms with Crippen molar-refractivity contribution in [1.82, 2.24) is 29.5 Å². The molecule has 2 aliphatic heterocycles. The summed E-state index contributed by atoms with van der Waals surface area (Å²) in [6.45, 7) is 7.42. The Labute approximate surface area is 131 Å². The van der Waals surface area contributed by atoms with Gasteiger partial charge in [0.15, 0.2) is 0 Å². The third kappa shape index (κ3) is 3.08. The second-order valence-corrected chi connectivity index (χ2v) is 6.53. The molecule has 2 aromatic heterocycles. The Morgan fingerprint density at radius 1 is 1.32 bits per heavy atom. The van der Waals surface area contributed by atoms with E-state index in [-0.39, 0.29) is 0 Å². The molecule has 0 spiro atoms. The van der Waals surface area contributed by atoms with Gasteiger partial charge in [0.05, 0.1) is 24.3 Å². The number of hydrogen-bond acceptors (Lipinski definition) is 4. The van der Waals surface area contributed by atoms with E-state index in [0.717, 1.165) is 38.6 Å². The lowest BCUT2D eigenvalue weighted by Crippen LogP contribution is -2.36. The molecule has 0 amide bonds. The lowest BCUT2D eigenvalue weighted by molar-refractivity contribution is 0.154. The van der Waals surface area contributed by atoms with Crippen LogP contribution in [0, 0.1) is 5.92 Å². The third-order valence-electron chi connectivity index (χ3n) is 4.74. The summed E-state index contributed by atoms with van der Waals surface area (Å²) in [6.07, 6.45) is 8.46. The van der Waals surface area contributed by atoms with E-state index in [1.54, 1.807) is 0 Å². The van der Waals surface area contributed by atoms with Crippen molar-refractivity contribution < 1.29 is 0 Å². The van der Waals surface area contributed by atoms with Crippen molar-refractivity contribution in [3.05, 3.63) is 36.2 Å². The largest absolute Gasteiger partial charge is 0.337 e. The zero-order valence-corrected chi connectivity index (χ0v) is 13.0. The van der Waals surface area contributed by atoms with Gasteiger partial charge < -0.3 is 9.88 Å². The molecule has 118 valence electrons. The number of imidazole rings is 1. The fraction of sp³-hybridized carbons (Fsp3) is 0.625. The van der Waals surface area contributed by atoms with Gasteiger partial charge in [0, 0.05) is 45.1 Å². The first kappa shape index (κ1) is 14.0. The van der Waals surface area contributed by atoms with Crippen LogP contribution in [-0.4, -0.2) is 43.9 Å². The number of likely N-dealkylation sites (tertiary alicyclic amines) is 1. The Kier molecular flexibility index (Phi) is 3.95. The van der Waals surface area contributed by atoms with E-state index in [0.29, 0.717) is 0 Å². The molecule has 1 N–H and O–H groups in total. The van der Waals surface area contributed by atoms with E-state index in [1.165, 1.54) is 37.3 Å². The summed E-state index contributed by atoms with van der Waals surface area (Å²) in [6, 6.07) is 2.27. The Bertz CT molecular complexity index is 579. The molecule has 6 nitrogen and oxygen atoms in total. The van der Waals surface area contributed by atoms with Crippen molar-refractivity contribution in [2.45, 2.75) is 39.0 Å². The predicted octanol–water partition coefficient (Wildman–Crippen LogP) is 1.09. The summed E-state index contributed by atoms with van der Waals surface area (Å²) in [5.41, 5.74) is 2.55. The van der Waals surface area contributed by atoms with Crippen LogP contribution < -0.4 is 5.32 Å². The first-order chi connectivity index (χ1) is 10.9. The standard InChI is InChI=1S/C16H24N6/c1-2-14(11-21-6-3-18-13-21)10-20(5-1)12-15-8-16-9-17-4-7-22(16)19-15/h3,6,8,13-14,17H,1-2,4-5,7,9-12H2. The van der Waals surface area contributed by atoms with Crippen LogP contribution in [-0.2, 0) is 26.2 Å². The van der Waals surface area contributed by atoms with Gasteiger partial charge in [-0.1, -0.05) is 0 Å². The first-order valence-corrected chi connectivity index (χ1v) is 8.31. The zero-order valence-electron chi connectivity index (χ0n) is 13.0. The van der Waals surface area contributed by atoms with Crippen LogP contribution in [0.4, 0.5) is 0 Å². The van der Waals surface area contributed by atoms with Crippen LogP contribution in [0.1, 0.15) is 24.2 Å². The smallest absolute Gasteiger partial charge is 0.0946 e. The summed E-state index contributed by atoms with van der Waals surface area (Å²) in [4.78, 5) is 6.70. The van der Waals surface area contributed by atoms with Crippen LogP contribution in [0.25, 0.3) is 0 Å². The van der Waals surface area contributed by atoms with Gasteiger partial charge in [0.25, 0.3) is 0 Å². The van der Waals surface area contributed by atoms with Gasteiger partial charge in [-0.2, -0.15) is 5.10 Å². The summed E-state index contributed by atoms with van der Waals surface area (Å²) in [5.74, 6) is 0.724. The van der Waals surface area contributed by atoms with Crippen LogP contribution in [0.3, 0.4) is 0 Å². The minimum atomic E-state index is 0.724. The van der Waals surface area contributed by atoms with Crippen LogP contribution in [0.5, 0.6) is 0 Å². The van der Waals surface area contributed by atoms with Gasteiger partial charge in [0.1, 0.15) is 0 Å². The first-order valence-electron chi connectivity index (χ1n) is 8.31. The normalized spacial score (nSPS) is 22.6. The van der Waals surface area contributed by atoms with Crippen LogP contribution in [0.2, 0.25) is 0 Å². The van der Waals surface area contributed by atoms with E-state index in [1.807, 2.05) is 12.5 Å². The molecule has 4 rings (SSSR count). The minimum Gasteiger partial charge on any atom is -0.337 e. The van der Waals surface area contributed by atoms with Crippen molar-refractivity contribution in [2.75, 3.05) is 19.6 Å². The molecule has 0 bridgehead atoms. The summed E-state index contributed by atoms with van der Waals surface area (Å²) in [5, 5.41) is 8.17. The fourth-order valence-corrected chi connectivity index (χ4v) is 3.70. The molecular formula is C16H24N6. The predicted molar refractivity (Wildman–Crippen MR) is 84.2 cm³/mol. The molecule has 0 saturated carbocycles. The van der Waals surface area contributed by atoms with Gasteiger partial charge in [-0.25, -0.2) is 4.98 Å².